The average Bonchev–Trinajstić information content (AvgIpc) is 3.57. The zero-order valence-electron chi connectivity index (χ0n) is 24.1. The van der Waals surface area contributed by atoms with Crippen LogP contribution in [0.3, 0.4) is 0 Å². The summed E-state index contributed by atoms with van der Waals surface area (Å²) >= 11 is 5.57. The van der Waals surface area contributed by atoms with E-state index < -0.39 is 47.0 Å². The first-order valence-corrected chi connectivity index (χ1v) is 16.4. The lowest BCUT2D eigenvalue weighted by molar-refractivity contribution is -0.663. The molecule has 5 heterocycles. The summed E-state index contributed by atoms with van der Waals surface area (Å²) in [6.45, 7) is 3.14. The predicted molar refractivity (Wildman–Crippen MR) is 167 cm³/mol. The van der Waals surface area contributed by atoms with Gasteiger partial charge in [0.05, 0.1) is 11.7 Å². The van der Waals surface area contributed by atoms with Crippen LogP contribution in [-0.4, -0.2) is 85.9 Å². The third kappa shape index (κ3) is 6.54. The lowest BCUT2D eigenvalue weighted by atomic mass is 10.0. The van der Waals surface area contributed by atoms with Crippen molar-refractivity contribution < 1.29 is 38.8 Å². The van der Waals surface area contributed by atoms with Crippen molar-refractivity contribution in [2.45, 2.75) is 44.0 Å². The average molecular weight is 722 g/mol. The molecule has 0 aliphatic carbocycles. The van der Waals surface area contributed by atoms with Gasteiger partial charge in [-0.3, -0.25) is 14.5 Å². The number of aryl methyl sites for hydroxylation is 1. The molecule has 0 unspecified atom stereocenters. The number of nitrogens with zero attached hydrogens (tertiary/aromatic N) is 5. The number of carbonyl (C=O) groups excluding carboxylic acids is 3. The Balaban J connectivity index is 1.36. The third-order valence-corrected chi connectivity index (χ3v) is 10.1. The highest BCUT2D eigenvalue weighted by Crippen LogP contribution is 2.40. The maximum absolute atomic E-state index is 13.3. The molecule has 0 aromatic carbocycles. The minimum absolute atomic E-state index is 0.00724. The number of carbonyl (C=O) groups is 4. The number of hydrogen-bond donors (Lipinski definition) is 4. The second kappa shape index (κ2) is 13.6. The number of anilines is 1. The lowest BCUT2D eigenvalue weighted by Gasteiger charge is -2.50. The highest BCUT2D eigenvalue weighted by Gasteiger charge is 2.53. The molecule has 45 heavy (non-hydrogen) atoms. The third-order valence-electron chi connectivity index (χ3n) is 7.22. The van der Waals surface area contributed by atoms with Crippen molar-refractivity contribution in [2.75, 3.05) is 25.1 Å². The number of thiazole rings is 1. The van der Waals surface area contributed by atoms with Crippen LogP contribution in [0.25, 0.3) is 11.0 Å². The van der Waals surface area contributed by atoms with Gasteiger partial charge in [-0.2, -0.15) is 4.57 Å². The molecule has 3 aromatic heterocycles. The van der Waals surface area contributed by atoms with Gasteiger partial charge in [0.1, 0.15) is 26.4 Å². The molecule has 2 aliphatic heterocycles. The van der Waals surface area contributed by atoms with Gasteiger partial charge in [0.15, 0.2) is 23.6 Å². The predicted octanol–water partition coefficient (Wildman–Crippen LogP) is -0.363. The van der Waals surface area contributed by atoms with Crippen LogP contribution >= 0.6 is 39.0 Å². The van der Waals surface area contributed by atoms with Crippen LogP contribution < -0.4 is 26.0 Å². The number of hydrogen-bond acceptors (Lipinski definition) is 12. The summed E-state index contributed by atoms with van der Waals surface area (Å²) in [4.78, 5) is 60.4. The van der Waals surface area contributed by atoms with Crippen LogP contribution in [0.4, 0.5) is 5.13 Å². The fourth-order valence-corrected chi connectivity index (χ4v) is 7.68. The number of aromatic nitrogens is 3. The first-order chi connectivity index (χ1) is 21.5. The van der Waals surface area contributed by atoms with Crippen molar-refractivity contribution in [3.63, 3.8) is 0 Å². The number of nitrogens with two attached hydrogens (primary N) is 1. The molecule has 0 saturated carbocycles. The number of nitrogen functional groups attached to an aromatic ring is 1. The second-order valence-electron chi connectivity index (χ2n) is 10.2. The van der Waals surface area contributed by atoms with Crippen LogP contribution in [0.15, 0.2) is 50.8 Å². The highest BCUT2D eigenvalue weighted by molar-refractivity contribution is 9.11. The standard InChI is InChI=1S/C27H29BrN8O7S2/c1-13(25(39)40)43-33-18(17-21(28)45-27(29)32-17)22(37)31-19-23(38)36-20(26(41)42)14(12-44-24(19)36)11-35-8-3-5-15-16(35)6-10-34(15)9-4-7-30-2/h3,5-6,8,10,13,19,24,30H,4,7,9,11-12H2,1-2H3,(H4-,29,31,32,37,39,40,41,42)/b33-18-/t13-,19+,24+/m0/s1. The Hall–Kier alpha value is -4.00. The zero-order chi connectivity index (χ0) is 32.4. The maximum Gasteiger partial charge on any atom is 0.347 e. The Morgan fingerprint density at radius 3 is 2.82 bits per heavy atom. The number of carboxylic acid groups (broad SMARTS) is 2. The van der Waals surface area contributed by atoms with Gasteiger partial charge < -0.3 is 40.8 Å². The van der Waals surface area contributed by atoms with E-state index in [1.807, 2.05) is 42.2 Å². The SMILES string of the molecule is CNCCCn1ccc2c1ccc[n+]2CC1=C(C(=O)[O-])N2C(=O)[C@@H](NC(=O)/C(=N\O[C@@H](C)C(=O)O)c3nc(N)sc3Br)[C@H]2SC1. The molecule has 1 fully saturated rings. The Morgan fingerprint density at radius 2 is 2.16 bits per heavy atom. The van der Waals surface area contributed by atoms with Gasteiger partial charge in [-0.1, -0.05) is 16.5 Å². The van der Waals surface area contributed by atoms with Crippen LogP contribution in [0, 0.1) is 0 Å². The number of oxime groups is 1. The van der Waals surface area contributed by atoms with Crippen molar-refractivity contribution in [3.8, 4) is 0 Å². The topological polar surface area (TPSA) is 208 Å². The fourth-order valence-electron chi connectivity index (χ4n) is 5.02. The second-order valence-corrected chi connectivity index (χ2v) is 13.6. The van der Waals surface area contributed by atoms with Crippen LogP contribution in [0.1, 0.15) is 19.0 Å². The van der Waals surface area contributed by atoms with E-state index in [0.29, 0.717) is 9.36 Å². The summed E-state index contributed by atoms with van der Waals surface area (Å²) in [6, 6.07) is 4.77. The van der Waals surface area contributed by atoms with Crippen LogP contribution in [0.2, 0.25) is 0 Å². The van der Waals surface area contributed by atoms with Crippen molar-refractivity contribution in [3.05, 3.63) is 51.3 Å². The minimum atomic E-state index is -1.49. The summed E-state index contributed by atoms with van der Waals surface area (Å²) in [5.74, 6) is -4.07. The molecule has 238 valence electrons. The van der Waals surface area contributed by atoms with Gasteiger partial charge in [0, 0.05) is 36.2 Å². The first kappa shape index (κ1) is 32.4. The van der Waals surface area contributed by atoms with E-state index in [2.05, 4.69) is 41.3 Å². The molecule has 0 spiro atoms. The van der Waals surface area contributed by atoms with Gasteiger partial charge in [-0.05, 0) is 48.9 Å². The number of fused-ring (bicyclic) bond motifs is 2. The number of amides is 2. The summed E-state index contributed by atoms with van der Waals surface area (Å²) < 4.78 is 4.41. The number of thioether (sulfide) groups is 1. The molecule has 2 amide bonds. The summed E-state index contributed by atoms with van der Waals surface area (Å²) in [6.07, 6.45) is 3.41. The molecular formula is C27H29BrN8O7S2. The van der Waals surface area contributed by atoms with E-state index in [9.17, 15) is 24.3 Å². The van der Waals surface area contributed by atoms with Gasteiger partial charge in [-0.15, -0.1) is 11.8 Å². The number of carboxylic acids is 2. The largest absolute Gasteiger partial charge is 0.543 e. The van der Waals surface area contributed by atoms with E-state index >= 15 is 0 Å². The van der Waals surface area contributed by atoms with Crippen LogP contribution in [-0.2, 0) is 37.1 Å². The molecule has 3 aromatic rings. The minimum Gasteiger partial charge on any atom is -0.543 e. The number of aliphatic carboxylic acids is 2. The number of rotatable bonds is 13. The molecular weight excluding hydrogens is 692 g/mol. The van der Waals surface area contributed by atoms with Gasteiger partial charge >= 0.3 is 5.97 Å². The van der Waals surface area contributed by atoms with E-state index in [-0.39, 0.29) is 28.8 Å². The quantitative estimate of drug-likeness (QED) is 0.0589. The monoisotopic (exact) mass is 720 g/mol. The van der Waals surface area contributed by atoms with Crippen molar-refractivity contribution in [1.29, 1.82) is 0 Å². The normalized spacial score (nSPS) is 18.9. The molecule has 0 radical (unpaired) electrons. The summed E-state index contributed by atoms with van der Waals surface area (Å²) in [5, 5.41) is 30.3. The van der Waals surface area contributed by atoms with E-state index in [1.54, 1.807) is 0 Å². The summed E-state index contributed by atoms with van der Waals surface area (Å²) in [7, 11) is 1.90. The van der Waals surface area contributed by atoms with Crippen molar-refractivity contribution in [1.82, 2.24) is 25.1 Å². The number of nitrogens with one attached hydrogen (secondary N) is 2. The fraction of sp³-hybridized carbons (Fsp3) is 0.370. The van der Waals surface area contributed by atoms with Crippen LogP contribution in [0.5, 0.6) is 0 Å². The summed E-state index contributed by atoms with van der Waals surface area (Å²) in [5.41, 5.74) is 7.53. The van der Waals surface area contributed by atoms with Gasteiger partial charge in [-0.25, -0.2) is 9.78 Å². The number of β-lactam (4-membered cyclic amide) rings is 1. The Kier molecular flexibility index (Phi) is 9.76. The molecule has 5 N–H and O–H groups in total. The molecule has 2 aliphatic rings. The Labute approximate surface area is 273 Å². The highest BCUT2D eigenvalue weighted by atomic mass is 79.9. The van der Waals surface area contributed by atoms with Gasteiger partial charge in [0.2, 0.25) is 11.6 Å². The molecule has 18 heteroatoms. The van der Waals surface area contributed by atoms with Crippen molar-refractivity contribution >= 4 is 84.7 Å². The van der Waals surface area contributed by atoms with E-state index in [0.717, 1.165) is 46.8 Å². The molecule has 1 saturated heterocycles. The van der Waals surface area contributed by atoms with Crippen molar-refractivity contribution in [2.24, 2.45) is 5.16 Å². The molecule has 5 rings (SSSR count). The Bertz CT molecular complexity index is 1740. The Morgan fingerprint density at radius 1 is 1.38 bits per heavy atom. The molecule has 0 bridgehead atoms. The smallest absolute Gasteiger partial charge is 0.347 e. The van der Waals surface area contributed by atoms with Gasteiger partial charge in [0.25, 0.3) is 11.8 Å². The molecule has 15 nitrogen and oxygen atoms in total. The van der Waals surface area contributed by atoms with E-state index in [4.69, 9.17) is 15.7 Å². The molecule has 3 atom stereocenters. The number of pyridine rings is 1. The number of halogens is 1. The van der Waals surface area contributed by atoms with E-state index in [1.165, 1.54) is 18.7 Å². The lowest BCUT2D eigenvalue weighted by Crippen LogP contribution is -2.71. The maximum atomic E-state index is 13.3. The first-order valence-electron chi connectivity index (χ1n) is 13.7. The zero-order valence-corrected chi connectivity index (χ0v) is 27.3.